The molecule has 0 amide bonds. The zero-order chi connectivity index (χ0) is 15.1. The predicted molar refractivity (Wildman–Crippen MR) is 81.4 cm³/mol. The van der Waals surface area contributed by atoms with Crippen LogP contribution in [0.4, 0.5) is 0 Å². The first-order valence-corrected chi connectivity index (χ1v) is 7.02. The molecule has 20 heavy (non-hydrogen) atoms. The lowest BCUT2D eigenvalue weighted by Crippen LogP contribution is -2.40. The van der Waals surface area contributed by atoms with Crippen LogP contribution in [0, 0.1) is 17.2 Å². The highest BCUT2D eigenvalue weighted by Gasteiger charge is 2.24. The fraction of sp³-hybridized carbons (Fsp3) is 0.562. The number of ether oxygens (including phenoxy) is 1. The highest BCUT2D eigenvalue weighted by molar-refractivity contribution is 5.30. The summed E-state index contributed by atoms with van der Waals surface area (Å²) in [4.78, 5) is 2.17. The van der Waals surface area contributed by atoms with Crippen molar-refractivity contribution in [1.82, 2.24) is 4.90 Å². The summed E-state index contributed by atoms with van der Waals surface area (Å²) in [5.74, 6) is 0.829. The van der Waals surface area contributed by atoms with Gasteiger partial charge in [0.25, 0.3) is 0 Å². The molecule has 0 fully saturated rings. The quantitative estimate of drug-likeness (QED) is 0.830. The summed E-state index contributed by atoms with van der Waals surface area (Å²) in [5, 5.41) is 8.98. The SMILES string of the molecule is CCC(N)C(c1ccc(OC)cc1)N(C)CC(C)C#N. The van der Waals surface area contributed by atoms with Gasteiger partial charge in [0.05, 0.1) is 19.1 Å². The number of hydrogen-bond acceptors (Lipinski definition) is 4. The minimum absolute atomic E-state index is 0.00944. The molecule has 0 saturated carbocycles. The van der Waals surface area contributed by atoms with E-state index in [0.29, 0.717) is 6.54 Å². The molecule has 0 aliphatic carbocycles. The molecular weight excluding hydrogens is 250 g/mol. The van der Waals surface area contributed by atoms with Gasteiger partial charge in [-0.1, -0.05) is 19.1 Å². The average Bonchev–Trinajstić information content (AvgIpc) is 2.47. The second-order valence-electron chi connectivity index (χ2n) is 5.26. The number of methoxy groups -OCH3 is 1. The summed E-state index contributed by atoms with van der Waals surface area (Å²) in [6, 6.07) is 10.4. The smallest absolute Gasteiger partial charge is 0.118 e. The van der Waals surface area contributed by atoms with Crippen LogP contribution in [0.15, 0.2) is 24.3 Å². The van der Waals surface area contributed by atoms with Crippen LogP contribution in [0.1, 0.15) is 31.9 Å². The molecule has 0 saturated heterocycles. The largest absolute Gasteiger partial charge is 0.497 e. The molecule has 0 spiro atoms. The van der Waals surface area contributed by atoms with E-state index in [-0.39, 0.29) is 18.0 Å². The van der Waals surface area contributed by atoms with E-state index in [1.807, 2.05) is 38.2 Å². The van der Waals surface area contributed by atoms with Crippen LogP contribution >= 0.6 is 0 Å². The molecule has 0 radical (unpaired) electrons. The van der Waals surface area contributed by atoms with Crippen molar-refractivity contribution in [2.45, 2.75) is 32.4 Å². The van der Waals surface area contributed by atoms with E-state index in [9.17, 15) is 0 Å². The Bertz CT molecular complexity index is 438. The maximum atomic E-state index is 8.98. The molecule has 0 aliphatic rings. The minimum atomic E-state index is -0.00944. The lowest BCUT2D eigenvalue weighted by atomic mass is 9.96. The first-order chi connectivity index (χ1) is 9.53. The third-order valence-electron chi connectivity index (χ3n) is 3.59. The van der Waals surface area contributed by atoms with Crippen LogP contribution in [0.2, 0.25) is 0 Å². The average molecular weight is 275 g/mol. The molecule has 0 aliphatic heterocycles. The van der Waals surface area contributed by atoms with Crippen molar-refractivity contribution >= 4 is 0 Å². The van der Waals surface area contributed by atoms with Crippen molar-refractivity contribution in [3.05, 3.63) is 29.8 Å². The van der Waals surface area contributed by atoms with Crippen LogP contribution in [0.5, 0.6) is 5.75 Å². The maximum Gasteiger partial charge on any atom is 0.118 e. The molecule has 2 N–H and O–H groups in total. The van der Waals surface area contributed by atoms with Gasteiger partial charge in [0.1, 0.15) is 5.75 Å². The Kier molecular flexibility index (Phi) is 6.50. The van der Waals surface area contributed by atoms with E-state index in [1.165, 1.54) is 0 Å². The van der Waals surface area contributed by atoms with E-state index >= 15 is 0 Å². The highest BCUT2D eigenvalue weighted by atomic mass is 16.5. The summed E-state index contributed by atoms with van der Waals surface area (Å²) in [6.45, 7) is 4.72. The summed E-state index contributed by atoms with van der Waals surface area (Å²) < 4.78 is 5.19. The normalized spacial score (nSPS) is 15.4. The van der Waals surface area contributed by atoms with Gasteiger partial charge >= 0.3 is 0 Å². The van der Waals surface area contributed by atoms with Gasteiger partial charge in [-0.2, -0.15) is 5.26 Å². The first-order valence-electron chi connectivity index (χ1n) is 7.02. The molecule has 1 aromatic rings. The molecule has 0 heterocycles. The summed E-state index contributed by atoms with van der Waals surface area (Å²) >= 11 is 0. The first kappa shape index (κ1) is 16.5. The van der Waals surface area contributed by atoms with Crippen molar-refractivity contribution in [1.29, 1.82) is 5.26 Å². The monoisotopic (exact) mass is 275 g/mol. The van der Waals surface area contributed by atoms with Gasteiger partial charge in [-0.15, -0.1) is 0 Å². The second kappa shape index (κ2) is 7.88. The molecule has 0 aromatic heterocycles. The van der Waals surface area contributed by atoms with Crippen molar-refractivity contribution in [2.75, 3.05) is 20.7 Å². The van der Waals surface area contributed by atoms with Crippen LogP contribution < -0.4 is 10.5 Å². The van der Waals surface area contributed by atoms with E-state index in [2.05, 4.69) is 17.9 Å². The summed E-state index contributed by atoms with van der Waals surface area (Å²) in [6.07, 6.45) is 0.891. The second-order valence-corrected chi connectivity index (χ2v) is 5.26. The molecule has 3 unspecified atom stereocenters. The Morgan fingerprint density at radius 3 is 2.40 bits per heavy atom. The molecule has 0 bridgehead atoms. The Morgan fingerprint density at radius 2 is 1.95 bits per heavy atom. The third kappa shape index (κ3) is 4.22. The van der Waals surface area contributed by atoms with E-state index < -0.39 is 0 Å². The number of rotatable bonds is 7. The molecule has 1 rings (SSSR count). The third-order valence-corrected chi connectivity index (χ3v) is 3.59. The molecule has 1 aromatic carbocycles. The molecular formula is C16H25N3O. The molecule has 3 atom stereocenters. The zero-order valence-corrected chi connectivity index (χ0v) is 12.8. The Balaban J connectivity index is 2.96. The van der Waals surface area contributed by atoms with E-state index in [4.69, 9.17) is 15.7 Å². The van der Waals surface area contributed by atoms with Crippen LogP contribution in [0.25, 0.3) is 0 Å². The van der Waals surface area contributed by atoms with Crippen LogP contribution in [-0.4, -0.2) is 31.6 Å². The van der Waals surface area contributed by atoms with Gasteiger partial charge in [0, 0.05) is 18.6 Å². The lowest BCUT2D eigenvalue weighted by molar-refractivity contribution is 0.196. The van der Waals surface area contributed by atoms with E-state index in [1.54, 1.807) is 7.11 Å². The van der Waals surface area contributed by atoms with Gasteiger partial charge in [0.2, 0.25) is 0 Å². The number of hydrogen-bond donors (Lipinski definition) is 1. The summed E-state index contributed by atoms with van der Waals surface area (Å²) in [5.41, 5.74) is 7.44. The van der Waals surface area contributed by atoms with E-state index in [0.717, 1.165) is 17.7 Å². The number of nitrogens with zero attached hydrogens (tertiary/aromatic N) is 2. The van der Waals surface area contributed by atoms with Gasteiger partial charge in [-0.05, 0) is 38.1 Å². The van der Waals surface area contributed by atoms with Crippen LogP contribution in [0.3, 0.4) is 0 Å². The number of likely N-dealkylation sites (N-methyl/N-ethyl adjacent to an activating group) is 1. The van der Waals surface area contributed by atoms with Gasteiger partial charge < -0.3 is 10.5 Å². The molecule has 4 heteroatoms. The Labute approximate surface area is 122 Å². The predicted octanol–water partition coefficient (Wildman–Crippen LogP) is 2.57. The van der Waals surface area contributed by atoms with Gasteiger partial charge in [-0.3, -0.25) is 4.90 Å². The topological polar surface area (TPSA) is 62.3 Å². The van der Waals surface area contributed by atoms with Crippen molar-refractivity contribution in [2.24, 2.45) is 11.7 Å². The van der Waals surface area contributed by atoms with Crippen molar-refractivity contribution in [3.63, 3.8) is 0 Å². The fourth-order valence-electron chi connectivity index (χ4n) is 2.44. The Morgan fingerprint density at radius 1 is 1.35 bits per heavy atom. The van der Waals surface area contributed by atoms with Gasteiger partial charge in [0.15, 0.2) is 0 Å². The fourth-order valence-corrected chi connectivity index (χ4v) is 2.44. The lowest BCUT2D eigenvalue weighted by Gasteiger charge is -2.33. The number of nitrogens with two attached hydrogens (primary N) is 1. The number of benzene rings is 1. The zero-order valence-electron chi connectivity index (χ0n) is 12.8. The minimum Gasteiger partial charge on any atom is -0.497 e. The highest BCUT2D eigenvalue weighted by Crippen LogP contribution is 2.26. The maximum absolute atomic E-state index is 8.98. The molecule has 110 valence electrons. The molecule has 4 nitrogen and oxygen atoms in total. The van der Waals surface area contributed by atoms with Gasteiger partial charge in [-0.25, -0.2) is 0 Å². The van der Waals surface area contributed by atoms with Crippen molar-refractivity contribution < 1.29 is 4.74 Å². The number of nitriles is 1. The Hall–Kier alpha value is -1.57. The van der Waals surface area contributed by atoms with Crippen LogP contribution in [-0.2, 0) is 0 Å². The summed E-state index contributed by atoms with van der Waals surface area (Å²) in [7, 11) is 3.68. The van der Waals surface area contributed by atoms with Crippen molar-refractivity contribution in [3.8, 4) is 11.8 Å². The standard InChI is InChI=1S/C16H25N3O/c1-5-15(18)16(19(3)11-12(2)10-17)13-6-8-14(20-4)9-7-13/h6-9,12,15-16H,5,11,18H2,1-4H3.